The molecule has 4 nitrogen and oxygen atoms in total. The molecular formula is C12H23N3O. The Hall–Kier alpha value is -0.610. The lowest BCUT2D eigenvalue weighted by atomic mass is 9.98. The Balaban J connectivity index is 1.68. The molecule has 92 valence electrons. The molecule has 2 aliphatic heterocycles. The summed E-state index contributed by atoms with van der Waals surface area (Å²) in [5, 5.41) is 3.21. The van der Waals surface area contributed by atoms with Gasteiger partial charge in [-0.1, -0.05) is 6.92 Å². The van der Waals surface area contributed by atoms with Crippen molar-refractivity contribution >= 4 is 5.91 Å². The highest BCUT2D eigenvalue weighted by atomic mass is 16.2. The molecular weight excluding hydrogens is 202 g/mol. The van der Waals surface area contributed by atoms with E-state index in [0.29, 0.717) is 11.8 Å². The van der Waals surface area contributed by atoms with E-state index >= 15 is 0 Å². The summed E-state index contributed by atoms with van der Waals surface area (Å²) >= 11 is 0. The summed E-state index contributed by atoms with van der Waals surface area (Å²) in [5.74, 6) is 0.962. The quantitative estimate of drug-likeness (QED) is 0.740. The molecule has 0 aromatic carbocycles. The van der Waals surface area contributed by atoms with Crippen molar-refractivity contribution in [1.29, 1.82) is 0 Å². The third-order valence-electron chi connectivity index (χ3n) is 3.59. The Morgan fingerprint density at radius 3 is 2.44 bits per heavy atom. The van der Waals surface area contributed by atoms with Gasteiger partial charge in [-0.3, -0.25) is 9.69 Å². The molecule has 0 spiro atoms. The third kappa shape index (κ3) is 2.95. The van der Waals surface area contributed by atoms with Crippen LogP contribution in [-0.2, 0) is 4.79 Å². The van der Waals surface area contributed by atoms with Crippen molar-refractivity contribution in [2.24, 2.45) is 5.92 Å². The Kier molecular flexibility index (Phi) is 4.18. The molecule has 0 aromatic rings. The van der Waals surface area contributed by atoms with Crippen LogP contribution >= 0.6 is 0 Å². The molecule has 2 fully saturated rings. The normalized spacial score (nSPS) is 23.2. The number of nitrogens with zero attached hydrogens (tertiary/aromatic N) is 2. The topological polar surface area (TPSA) is 35.6 Å². The van der Waals surface area contributed by atoms with Gasteiger partial charge in [0.25, 0.3) is 0 Å². The molecule has 2 rings (SSSR count). The standard InChI is InChI=1S/C12H23N3O/c1-2-3-14-4-6-15(7-5-14)12(16)8-11-9-13-10-11/h11,13H,2-10H2,1H3. The van der Waals surface area contributed by atoms with E-state index in [1.165, 1.54) is 13.0 Å². The number of amides is 1. The Labute approximate surface area is 98.0 Å². The van der Waals surface area contributed by atoms with Crippen molar-refractivity contribution in [3.63, 3.8) is 0 Å². The van der Waals surface area contributed by atoms with Gasteiger partial charge in [-0.15, -0.1) is 0 Å². The molecule has 2 heterocycles. The van der Waals surface area contributed by atoms with Crippen LogP contribution in [0.2, 0.25) is 0 Å². The molecule has 2 aliphatic rings. The lowest BCUT2D eigenvalue weighted by Crippen LogP contribution is -2.51. The third-order valence-corrected chi connectivity index (χ3v) is 3.59. The van der Waals surface area contributed by atoms with Gasteiger partial charge in [-0.05, 0) is 32.0 Å². The minimum absolute atomic E-state index is 0.364. The summed E-state index contributed by atoms with van der Waals surface area (Å²) in [4.78, 5) is 16.4. The van der Waals surface area contributed by atoms with Gasteiger partial charge in [0.15, 0.2) is 0 Å². The van der Waals surface area contributed by atoms with Crippen LogP contribution in [0.4, 0.5) is 0 Å². The van der Waals surface area contributed by atoms with E-state index in [1.54, 1.807) is 0 Å². The van der Waals surface area contributed by atoms with Gasteiger partial charge in [0.1, 0.15) is 0 Å². The molecule has 0 unspecified atom stereocenters. The second-order valence-electron chi connectivity index (χ2n) is 4.95. The molecule has 0 radical (unpaired) electrons. The Bertz CT molecular complexity index is 232. The summed E-state index contributed by atoms with van der Waals surface area (Å²) in [6.45, 7) is 9.42. The number of carbonyl (C=O) groups excluding carboxylic acids is 1. The molecule has 1 amide bonds. The molecule has 4 heteroatoms. The van der Waals surface area contributed by atoms with Gasteiger partial charge in [-0.25, -0.2) is 0 Å². The first kappa shape index (κ1) is 11.9. The minimum Gasteiger partial charge on any atom is -0.340 e. The second-order valence-corrected chi connectivity index (χ2v) is 4.95. The van der Waals surface area contributed by atoms with Crippen LogP contribution in [0.5, 0.6) is 0 Å². The zero-order valence-corrected chi connectivity index (χ0v) is 10.2. The predicted octanol–water partition coefficient (Wildman–Crippen LogP) is 0.150. The van der Waals surface area contributed by atoms with Gasteiger partial charge >= 0.3 is 0 Å². The molecule has 0 aliphatic carbocycles. The highest BCUT2D eigenvalue weighted by Gasteiger charge is 2.25. The summed E-state index contributed by atoms with van der Waals surface area (Å²) in [7, 11) is 0. The first-order chi connectivity index (χ1) is 7.79. The maximum Gasteiger partial charge on any atom is 0.223 e. The lowest BCUT2D eigenvalue weighted by Gasteiger charge is -2.36. The average molecular weight is 225 g/mol. The summed E-state index contributed by atoms with van der Waals surface area (Å²) in [6.07, 6.45) is 1.96. The van der Waals surface area contributed by atoms with Crippen LogP contribution in [0, 0.1) is 5.92 Å². The van der Waals surface area contributed by atoms with E-state index in [-0.39, 0.29) is 0 Å². The fourth-order valence-corrected chi connectivity index (χ4v) is 2.41. The molecule has 0 atom stereocenters. The van der Waals surface area contributed by atoms with Gasteiger partial charge in [0.2, 0.25) is 5.91 Å². The maximum absolute atomic E-state index is 11.9. The number of rotatable bonds is 4. The highest BCUT2D eigenvalue weighted by Crippen LogP contribution is 2.12. The SMILES string of the molecule is CCCN1CCN(C(=O)CC2CNC2)CC1. The van der Waals surface area contributed by atoms with Crippen molar-refractivity contribution in [3.05, 3.63) is 0 Å². The molecule has 16 heavy (non-hydrogen) atoms. The summed E-state index contributed by atoms with van der Waals surface area (Å²) < 4.78 is 0. The van der Waals surface area contributed by atoms with E-state index in [4.69, 9.17) is 0 Å². The Morgan fingerprint density at radius 2 is 1.94 bits per heavy atom. The molecule has 2 saturated heterocycles. The average Bonchev–Trinajstić information content (AvgIpc) is 2.25. The monoisotopic (exact) mass is 225 g/mol. The van der Waals surface area contributed by atoms with Crippen LogP contribution in [0.3, 0.4) is 0 Å². The molecule has 1 N–H and O–H groups in total. The summed E-state index contributed by atoms with van der Waals surface area (Å²) in [5.41, 5.74) is 0. The van der Waals surface area contributed by atoms with Gasteiger partial charge in [0.05, 0.1) is 0 Å². The largest absolute Gasteiger partial charge is 0.340 e. The van der Waals surface area contributed by atoms with Gasteiger partial charge in [-0.2, -0.15) is 0 Å². The van der Waals surface area contributed by atoms with Crippen LogP contribution < -0.4 is 5.32 Å². The smallest absolute Gasteiger partial charge is 0.223 e. The minimum atomic E-state index is 0.364. The van der Waals surface area contributed by atoms with Gasteiger partial charge in [0, 0.05) is 32.6 Å². The van der Waals surface area contributed by atoms with Crippen LogP contribution in [0.15, 0.2) is 0 Å². The second kappa shape index (κ2) is 5.64. The number of nitrogens with one attached hydrogen (secondary N) is 1. The molecule has 0 bridgehead atoms. The predicted molar refractivity (Wildman–Crippen MR) is 64.3 cm³/mol. The maximum atomic E-state index is 11.9. The van der Waals surface area contributed by atoms with Gasteiger partial charge < -0.3 is 10.2 Å². The molecule has 0 saturated carbocycles. The molecule has 0 aromatic heterocycles. The van der Waals surface area contributed by atoms with Crippen LogP contribution in [0.1, 0.15) is 19.8 Å². The number of hydrogen-bond acceptors (Lipinski definition) is 3. The van der Waals surface area contributed by atoms with E-state index < -0.39 is 0 Å². The highest BCUT2D eigenvalue weighted by molar-refractivity contribution is 5.76. The van der Waals surface area contributed by atoms with Crippen LogP contribution in [-0.4, -0.2) is 61.5 Å². The Morgan fingerprint density at radius 1 is 1.25 bits per heavy atom. The number of piperazine rings is 1. The van der Waals surface area contributed by atoms with Crippen molar-refractivity contribution in [2.75, 3.05) is 45.8 Å². The number of hydrogen-bond donors (Lipinski definition) is 1. The van der Waals surface area contributed by atoms with Crippen molar-refractivity contribution < 1.29 is 4.79 Å². The number of carbonyl (C=O) groups is 1. The first-order valence-corrected chi connectivity index (χ1v) is 6.50. The van der Waals surface area contributed by atoms with Crippen molar-refractivity contribution in [3.8, 4) is 0 Å². The van der Waals surface area contributed by atoms with E-state index in [0.717, 1.165) is 45.7 Å². The van der Waals surface area contributed by atoms with E-state index in [9.17, 15) is 4.79 Å². The van der Waals surface area contributed by atoms with Crippen molar-refractivity contribution in [1.82, 2.24) is 15.1 Å². The van der Waals surface area contributed by atoms with Crippen LogP contribution in [0.25, 0.3) is 0 Å². The fraction of sp³-hybridized carbons (Fsp3) is 0.917. The lowest BCUT2D eigenvalue weighted by molar-refractivity contribution is -0.134. The fourth-order valence-electron chi connectivity index (χ4n) is 2.41. The zero-order valence-electron chi connectivity index (χ0n) is 10.2. The summed E-state index contributed by atoms with van der Waals surface area (Å²) in [6, 6.07) is 0. The van der Waals surface area contributed by atoms with E-state index in [2.05, 4.69) is 17.1 Å². The van der Waals surface area contributed by atoms with Crippen molar-refractivity contribution in [2.45, 2.75) is 19.8 Å². The van der Waals surface area contributed by atoms with E-state index in [1.807, 2.05) is 4.90 Å². The zero-order chi connectivity index (χ0) is 11.4. The first-order valence-electron chi connectivity index (χ1n) is 6.50.